The molecule has 0 aliphatic carbocycles. The summed E-state index contributed by atoms with van der Waals surface area (Å²) in [7, 11) is 0. The zero-order valence-corrected chi connectivity index (χ0v) is 20.8. The lowest BCUT2D eigenvalue weighted by atomic mass is 9.97. The third kappa shape index (κ3) is 4.03. The van der Waals surface area contributed by atoms with Crippen molar-refractivity contribution in [3.63, 3.8) is 0 Å². The van der Waals surface area contributed by atoms with Gasteiger partial charge in [0.1, 0.15) is 0 Å². The van der Waals surface area contributed by atoms with E-state index in [0.29, 0.717) is 0 Å². The molecule has 0 aliphatic rings. The highest BCUT2D eigenvalue weighted by molar-refractivity contribution is 5.96. The predicted octanol–water partition coefficient (Wildman–Crippen LogP) is 9.45. The van der Waals surface area contributed by atoms with E-state index < -0.39 is 0 Å². The molecule has 6 aromatic carbocycles. The van der Waals surface area contributed by atoms with E-state index in [-0.39, 0.29) is 0 Å². The molecule has 0 aliphatic heterocycles. The van der Waals surface area contributed by atoms with Crippen molar-refractivity contribution in [2.75, 3.05) is 0 Å². The molecule has 0 unspecified atom stereocenters. The summed E-state index contributed by atoms with van der Waals surface area (Å²) in [6.07, 6.45) is 0. The second kappa shape index (κ2) is 9.42. The van der Waals surface area contributed by atoms with Gasteiger partial charge in [0.05, 0.1) is 22.4 Å². The fourth-order valence-corrected chi connectivity index (χ4v) is 5.12. The molecule has 0 spiro atoms. The van der Waals surface area contributed by atoms with Crippen LogP contribution in [-0.4, -0.2) is 9.97 Å². The first-order chi connectivity index (χ1) is 18.8. The maximum absolute atomic E-state index is 5.25. The van der Waals surface area contributed by atoms with Crippen molar-refractivity contribution < 1.29 is 0 Å². The molecule has 7 aromatic rings. The van der Waals surface area contributed by atoms with Gasteiger partial charge in [-0.1, -0.05) is 133 Å². The lowest BCUT2D eigenvalue weighted by molar-refractivity contribution is 1.29. The highest BCUT2D eigenvalue weighted by atomic mass is 14.8. The smallest absolute Gasteiger partial charge is 0.0973 e. The minimum absolute atomic E-state index is 0.889. The Bertz CT molecular complexity index is 1890. The average molecular weight is 485 g/mol. The molecule has 0 radical (unpaired) electrons. The average Bonchev–Trinajstić information content (AvgIpc) is 3.01. The molecule has 0 N–H and O–H groups in total. The van der Waals surface area contributed by atoms with Gasteiger partial charge in [-0.3, -0.25) is 0 Å². The van der Waals surface area contributed by atoms with Gasteiger partial charge in [-0.2, -0.15) is 0 Å². The van der Waals surface area contributed by atoms with Crippen LogP contribution in [0.15, 0.2) is 146 Å². The molecule has 7 rings (SSSR count). The van der Waals surface area contributed by atoms with Crippen LogP contribution >= 0.6 is 0 Å². The van der Waals surface area contributed by atoms with E-state index >= 15 is 0 Å². The van der Waals surface area contributed by atoms with E-state index in [4.69, 9.17) is 9.97 Å². The molecule has 0 atom stereocenters. The van der Waals surface area contributed by atoms with Gasteiger partial charge in [-0.25, -0.2) is 9.97 Å². The van der Waals surface area contributed by atoms with Gasteiger partial charge < -0.3 is 0 Å². The Balaban J connectivity index is 1.35. The molecule has 0 fully saturated rings. The molecule has 1 aromatic heterocycles. The number of aromatic nitrogens is 2. The van der Waals surface area contributed by atoms with E-state index in [1.807, 2.05) is 36.4 Å². The van der Waals surface area contributed by atoms with Crippen LogP contribution in [0.5, 0.6) is 0 Å². The van der Waals surface area contributed by atoms with Crippen LogP contribution in [0.25, 0.3) is 66.6 Å². The normalized spacial score (nSPS) is 11.2. The standard InChI is InChI=1S/C36H24N2/c1-3-11-28(12-4-1)34-35(29-13-5-2-6-14-29)38-36-32(16-9-17-33(36)37-34)27-21-18-26(19-22-27)31-23-20-25-10-7-8-15-30(25)24-31/h1-24H. The summed E-state index contributed by atoms with van der Waals surface area (Å²) in [5.74, 6) is 0. The van der Waals surface area contributed by atoms with Crippen molar-refractivity contribution in [3.05, 3.63) is 146 Å². The zero-order valence-electron chi connectivity index (χ0n) is 20.8. The summed E-state index contributed by atoms with van der Waals surface area (Å²) in [5, 5.41) is 2.51. The monoisotopic (exact) mass is 484 g/mol. The largest absolute Gasteiger partial charge is 0.244 e. The van der Waals surface area contributed by atoms with E-state index in [1.54, 1.807) is 0 Å². The topological polar surface area (TPSA) is 25.8 Å². The second-order valence-corrected chi connectivity index (χ2v) is 9.47. The maximum atomic E-state index is 5.25. The van der Waals surface area contributed by atoms with E-state index in [1.165, 1.54) is 21.9 Å². The van der Waals surface area contributed by atoms with Crippen molar-refractivity contribution in [1.82, 2.24) is 9.97 Å². The van der Waals surface area contributed by atoms with Gasteiger partial charge in [0.25, 0.3) is 0 Å². The van der Waals surface area contributed by atoms with Gasteiger partial charge in [0.15, 0.2) is 0 Å². The fourth-order valence-electron chi connectivity index (χ4n) is 5.12. The second-order valence-electron chi connectivity index (χ2n) is 9.47. The summed E-state index contributed by atoms with van der Waals surface area (Å²) in [6, 6.07) is 50.8. The third-order valence-corrected chi connectivity index (χ3v) is 7.07. The van der Waals surface area contributed by atoms with Gasteiger partial charge in [0, 0.05) is 16.7 Å². The van der Waals surface area contributed by atoms with Crippen LogP contribution in [0, 0.1) is 0 Å². The molecule has 38 heavy (non-hydrogen) atoms. The van der Waals surface area contributed by atoms with Crippen LogP contribution in [0.4, 0.5) is 0 Å². The number of para-hydroxylation sites is 1. The van der Waals surface area contributed by atoms with Crippen molar-refractivity contribution in [1.29, 1.82) is 0 Å². The lowest BCUT2D eigenvalue weighted by Gasteiger charge is -2.13. The summed E-state index contributed by atoms with van der Waals surface area (Å²) in [6.45, 7) is 0. The highest BCUT2D eigenvalue weighted by Crippen LogP contribution is 2.35. The summed E-state index contributed by atoms with van der Waals surface area (Å²) < 4.78 is 0. The molecular weight excluding hydrogens is 460 g/mol. The van der Waals surface area contributed by atoms with Crippen molar-refractivity contribution in [3.8, 4) is 44.8 Å². The molecule has 2 heteroatoms. The molecule has 0 saturated carbocycles. The summed E-state index contributed by atoms with van der Waals surface area (Å²) >= 11 is 0. The predicted molar refractivity (Wildman–Crippen MR) is 159 cm³/mol. The Hall–Kier alpha value is -5.08. The van der Waals surface area contributed by atoms with Crippen LogP contribution in [0.1, 0.15) is 0 Å². The molecule has 0 amide bonds. The Morgan fingerprint density at radius 2 is 0.921 bits per heavy atom. The van der Waals surface area contributed by atoms with Gasteiger partial charge in [0.2, 0.25) is 0 Å². The number of nitrogens with zero attached hydrogens (tertiary/aromatic N) is 2. The van der Waals surface area contributed by atoms with Crippen molar-refractivity contribution >= 4 is 21.8 Å². The molecule has 178 valence electrons. The molecule has 2 nitrogen and oxygen atoms in total. The van der Waals surface area contributed by atoms with Crippen LogP contribution < -0.4 is 0 Å². The highest BCUT2D eigenvalue weighted by Gasteiger charge is 2.15. The molecule has 0 bridgehead atoms. The number of hydrogen-bond donors (Lipinski definition) is 0. The number of fused-ring (bicyclic) bond motifs is 2. The SMILES string of the molecule is c1ccc(-c2nc3cccc(-c4ccc(-c5ccc6ccccc6c5)cc4)c3nc2-c2ccccc2)cc1. The fraction of sp³-hybridized carbons (Fsp3) is 0. The summed E-state index contributed by atoms with van der Waals surface area (Å²) in [5.41, 5.74) is 10.3. The Labute approximate surface area is 221 Å². The van der Waals surface area contributed by atoms with Crippen LogP contribution in [0.3, 0.4) is 0 Å². The van der Waals surface area contributed by atoms with Crippen LogP contribution in [0.2, 0.25) is 0 Å². The van der Waals surface area contributed by atoms with E-state index in [0.717, 1.165) is 44.7 Å². The van der Waals surface area contributed by atoms with E-state index in [9.17, 15) is 0 Å². The van der Waals surface area contributed by atoms with E-state index in [2.05, 4.69) is 109 Å². The van der Waals surface area contributed by atoms with Crippen LogP contribution in [-0.2, 0) is 0 Å². The minimum atomic E-state index is 0.889. The first kappa shape index (κ1) is 22.1. The Morgan fingerprint density at radius 3 is 1.63 bits per heavy atom. The number of hydrogen-bond acceptors (Lipinski definition) is 2. The first-order valence-electron chi connectivity index (χ1n) is 12.8. The maximum Gasteiger partial charge on any atom is 0.0973 e. The van der Waals surface area contributed by atoms with Gasteiger partial charge >= 0.3 is 0 Å². The van der Waals surface area contributed by atoms with Gasteiger partial charge in [-0.15, -0.1) is 0 Å². The number of rotatable bonds is 4. The van der Waals surface area contributed by atoms with Gasteiger partial charge in [-0.05, 0) is 39.6 Å². The van der Waals surface area contributed by atoms with Crippen molar-refractivity contribution in [2.45, 2.75) is 0 Å². The molecule has 1 heterocycles. The Morgan fingerprint density at radius 1 is 0.342 bits per heavy atom. The summed E-state index contributed by atoms with van der Waals surface area (Å²) in [4.78, 5) is 10.4. The zero-order chi connectivity index (χ0) is 25.3. The molecular formula is C36H24N2. The molecule has 0 saturated heterocycles. The lowest BCUT2D eigenvalue weighted by Crippen LogP contribution is -1.97. The Kier molecular flexibility index (Phi) is 5.49. The number of benzene rings is 6. The quantitative estimate of drug-likeness (QED) is 0.249. The first-order valence-corrected chi connectivity index (χ1v) is 12.8. The van der Waals surface area contributed by atoms with Crippen molar-refractivity contribution in [2.24, 2.45) is 0 Å². The third-order valence-electron chi connectivity index (χ3n) is 7.07. The minimum Gasteiger partial charge on any atom is -0.244 e.